The molecule has 2 aromatic heterocycles. The van der Waals surface area contributed by atoms with Gasteiger partial charge in [0.1, 0.15) is 11.6 Å². The Hall–Kier alpha value is -3.13. The van der Waals surface area contributed by atoms with Gasteiger partial charge in [0.15, 0.2) is 5.58 Å². The van der Waals surface area contributed by atoms with E-state index >= 15 is 0 Å². The molecule has 0 bridgehead atoms. The van der Waals surface area contributed by atoms with Crippen LogP contribution in [0, 0.1) is 0 Å². The predicted octanol–water partition coefficient (Wildman–Crippen LogP) is 6.55. The van der Waals surface area contributed by atoms with Crippen molar-refractivity contribution in [3.05, 3.63) is 76.3 Å². The Balaban J connectivity index is 1.50. The van der Waals surface area contributed by atoms with Crippen molar-refractivity contribution in [3.8, 4) is 11.1 Å². The molecule has 0 aliphatic carbocycles. The summed E-state index contributed by atoms with van der Waals surface area (Å²) in [5, 5.41) is 1.86. The zero-order valence-corrected chi connectivity index (χ0v) is 17.0. The quantitative estimate of drug-likeness (QED) is 0.361. The summed E-state index contributed by atoms with van der Waals surface area (Å²) in [6, 6.07) is 13.7. The minimum Gasteiger partial charge on any atom is -0.438 e. The summed E-state index contributed by atoms with van der Waals surface area (Å²) in [5.74, 6) is 0.359. The van der Waals surface area contributed by atoms with Crippen molar-refractivity contribution in [3.63, 3.8) is 0 Å². The number of alkyl halides is 3. The van der Waals surface area contributed by atoms with E-state index in [2.05, 4.69) is 4.98 Å². The van der Waals surface area contributed by atoms with Crippen molar-refractivity contribution in [2.75, 3.05) is 6.54 Å². The van der Waals surface area contributed by atoms with E-state index in [1.165, 1.54) is 23.5 Å². The molecule has 1 atom stereocenters. The van der Waals surface area contributed by atoms with Crippen molar-refractivity contribution >= 4 is 28.3 Å². The Labute approximate surface area is 179 Å². The number of benzene rings is 2. The fraction of sp³-hybridized carbons (Fsp3) is 0.217. The zero-order chi connectivity index (χ0) is 21.6. The van der Waals surface area contributed by atoms with Gasteiger partial charge < -0.3 is 9.32 Å². The van der Waals surface area contributed by atoms with Gasteiger partial charge in [0.25, 0.3) is 5.91 Å². The Morgan fingerprint density at radius 1 is 1.13 bits per heavy atom. The number of halogens is 3. The van der Waals surface area contributed by atoms with E-state index in [-0.39, 0.29) is 17.5 Å². The number of carbonyl (C=O) groups is 1. The van der Waals surface area contributed by atoms with Crippen molar-refractivity contribution in [1.29, 1.82) is 0 Å². The molecule has 1 amide bonds. The molecular weight excluding hydrogens is 425 g/mol. The van der Waals surface area contributed by atoms with Crippen LogP contribution in [0.5, 0.6) is 0 Å². The van der Waals surface area contributed by atoms with E-state index in [1.54, 1.807) is 35.2 Å². The van der Waals surface area contributed by atoms with Gasteiger partial charge in [0.2, 0.25) is 5.89 Å². The number of likely N-dealkylation sites (tertiary alicyclic amines) is 1. The number of carbonyl (C=O) groups excluding carboxylic acids is 1. The van der Waals surface area contributed by atoms with E-state index in [9.17, 15) is 18.0 Å². The van der Waals surface area contributed by atoms with E-state index < -0.39 is 11.7 Å². The second kappa shape index (κ2) is 7.53. The SMILES string of the molecule is O=C(c1cccs1)N1CCC[C@@H]1c1nc2cc(-c3ccccc3C(F)(F)F)ccc2o1. The number of oxazole rings is 1. The summed E-state index contributed by atoms with van der Waals surface area (Å²) in [6.07, 6.45) is -2.88. The summed E-state index contributed by atoms with van der Waals surface area (Å²) in [5.41, 5.74) is 0.773. The van der Waals surface area contributed by atoms with Crippen LogP contribution in [-0.2, 0) is 6.18 Å². The average Bonchev–Trinajstić information content (AvgIpc) is 3.52. The number of rotatable bonds is 3. The molecule has 1 fully saturated rings. The lowest BCUT2D eigenvalue weighted by Gasteiger charge is -2.21. The minimum absolute atomic E-state index is 0.0560. The Bertz CT molecular complexity index is 1250. The highest BCUT2D eigenvalue weighted by Gasteiger charge is 2.35. The van der Waals surface area contributed by atoms with Crippen LogP contribution in [0.4, 0.5) is 13.2 Å². The molecule has 0 spiro atoms. The summed E-state index contributed by atoms with van der Waals surface area (Å²) >= 11 is 1.39. The maximum absolute atomic E-state index is 13.4. The van der Waals surface area contributed by atoms with Gasteiger partial charge in [-0.25, -0.2) is 4.98 Å². The first-order chi connectivity index (χ1) is 14.9. The van der Waals surface area contributed by atoms with Gasteiger partial charge in [0.05, 0.1) is 10.4 Å². The van der Waals surface area contributed by atoms with Gasteiger partial charge in [-0.15, -0.1) is 11.3 Å². The summed E-state index contributed by atoms with van der Waals surface area (Å²) in [7, 11) is 0. The first-order valence-corrected chi connectivity index (χ1v) is 10.7. The Morgan fingerprint density at radius 3 is 2.74 bits per heavy atom. The molecule has 0 radical (unpaired) electrons. The molecule has 1 aliphatic heterocycles. The van der Waals surface area contributed by atoms with E-state index in [1.807, 2.05) is 11.4 Å². The molecule has 0 unspecified atom stereocenters. The number of thiophene rings is 1. The van der Waals surface area contributed by atoms with Gasteiger partial charge in [0, 0.05) is 6.54 Å². The summed E-state index contributed by atoms with van der Waals surface area (Å²) < 4.78 is 46.2. The van der Waals surface area contributed by atoms with Gasteiger partial charge in [-0.1, -0.05) is 30.3 Å². The molecule has 158 valence electrons. The molecule has 0 N–H and O–H groups in total. The van der Waals surface area contributed by atoms with Crippen molar-refractivity contribution in [2.45, 2.75) is 25.1 Å². The lowest BCUT2D eigenvalue weighted by molar-refractivity contribution is -0.137. The first-order valence-electron chi connectivity index (χ1n) is 9.83. The molecule has 8 heteroatoms. The zero-order valence-electron chi connectivity index (χ0n) is 16.2. The van der Waals surface area contributed by atoms with Gasteiger partial charge in [-0.2, -0.15) is 13.2 Å². The molecule has 1 aliphatic rings. The topological polar surface area (TPSA) is 46.3 Å². The van der Waals surface area contributed by atoms with Crippen LogP contribution in [0.3, 0.4) is 0 Å². The molecule has 1 saturated heterocycles. The minimum atomic E-state index is -4.45. The third-order valence-corrected chi connectivity index (χ3v) is 6.34. The number of hydrogen-bond acceptors (Lipinski definition) is 4. The molecule has 0 saturated carbocycles. The second-order valence-electron chi connectivity index (χ2n) is 7.41. The van der Waals surface area contributed by atoms with Gasteiger partial charge >= 0.3 is 6.18 Å². The highest BCUT2D eigenvalue weighted by Crippen LogP contribution is 2.39. The summed E-state index contributed by atoms with van der Waals surface area (Å²) in [4.78, 5) is 19.8. The van der Waals surface area contributed by atoms with Crippen LogP contribution < -0.4 is 0 Å². The fourth-order valence-corrected chi connectivity index (χ4v) is 4.72. The third kappa shape index (κ3) is 3.61. The average molecular weight is 442 g/mol. The second-order valence-corrected chi connectivity index (χ2v) is 8.36. The van der Waals surface area contributed by atoms with Crippen molar-refractivity contribution in [2.24, 2.45) is 0 Å². The molecule has 2 aromatic carbocycles. The Morgan fingerprint density at radius 2 is 1.97 bits per heavy atom. The normalized spacial score (nSPS) is 16.9. The first kappa shape index (κ1) is 19.8. The molecule has 5 rings (SSSR count). The number of fused-ring (bicyclic) bond motifs is 1. The lowest BCUT2D eigenvalue weighted by atomic mass is 9.99. The highest BCUT2D eigenvalue weighted by molar-refractivity contribution is 7.12. The van der Waals surface area contributed by atoms with Crippen molar-refractivity contribution < 1.29 is 22.4 Å². The Kier molecular flexibility index (Phi) is 4.81. The van der Waals surface area contributed by atoms with Crippen LogP contribution in [-0.4, -0.2) is 22.3 Å². The monoisotopic (exact) mass is 442 g/mol. The standard InChI is InChI=1S/C23H17F3N2O2S/c24-23(25,26)16-6-2-1-5-15(16)14-9-10-19-17(13-14)27-21(30-19)18-7-3-11-28(18)22(29)20-8-4-12-31-20/h1-2,4-6,8-10,12-13,18H,3,7,11H2/t18-/m1/s1. The van der Waals surface area contributed by atoms with Crippen LogP contribution >= 0.6 is 11.3 Å². The largest absolute Gasteiger partial charge is 0.438 e. The van der Waals surface area contributed by atoms with Gasteiger partial charge in [-0.3, -0.25) is 4.79 Å². The number of nitrogens with zero attached hydrogens (tertiary/aromatic N) is 2. The van der Waals surface area contributed by atoms with Crippen LogP contribution in [0.25, 0.3) is 22.2 Å². The highest BCUT2D eigenvalue weighted by atomic mass is 32.1. The third-order valence-electron chi connectivity index (χ3n) is 5.48. The van der Waals surface area contributed by atoms with Crippen LogP contribution in [0.1, 0.15) is 40.0 Å². The maximum atomic E-state index is 13.4. The van der Waals surface area contributed by atoms with Gasteiger partial charge in [-0.05, 0) is 53.6 Å². The van der Waals surface area contributed by atoms with E-state index in [0.29, 0.717) is 34.0 Å². The molecule has 4 nitrogen and oxygen atoms in total. The molecule has 3 heterocycles. The molecule has 31 heavy (non-hydrogen) atoms. The number of amides is 1. The van der Waals surface area contributed by atoms with E-state index in [0.717, 1.165) is 18.9 Å². The fourth-order valence-electron chi connectivity index (χ4n) is 4.05. The molecule has 4 aromatic rings. The van der Waals surface area contributed by atoms with Crippen molar-refractivity contribution in [1.82, 2.24) is 9.88 Å². The predicted molar refractivity (Wildman–Crippen MR) is 112 cm³/mol. The maximum Gasteiger partial charge on any atom is 0.417 e. The lowest BCUT2D eigenvalue weighted by Crippen LogP contribution is -2.30. The van der Waals surface area contributed by atoms with Crippen LogP contribution in [0.15, 0.2) is 64.4 Å². The smallest absolute Gasteiger partial charge is 0.417 e. The number of hydrogen-bond donors (Lipinski definition) is 0. The van der Waals surface area contributed by atoms with E-state index in [4.69, 9.17) is 4.42 Å². The molecular formula is C23H17F3N2O2S. The summed E-state index contributed by atoms with van der Waals surface area (Å²) in [6.45, 7) is 0.615. The van der Waals surface area contributed by atoms with Crippen LogP contribution in [0.2, 0.25) is 0 Å². The number of aromatic nitrogens is 1.